The highest BCUT2D eigenvalue weighted by atomic mass is 19.1. The Kier molecular flexibility index (Phi) is 6.16. The Hall–Kier alpha value is -4.44. The summed E-state index contributed by atoms with van der Waals surface area (Å²) in [5, 5.41) is 8.86. The number of aromatic nitrogens is 5. The van der Waals surface area contributed by atoms with Gasteiger partial charge in [0.05, 0.1) is 37.6 Å². The van der Waals surface area contributed by atoms with Crippen molar-refractivity contribution < 1.29 is 18.3 Å². The van der Waals surface area contributed by atoms with Gasteiger partial charge in [-0.1, -0.05) is 18.2 Å². The van der Waals surface area contributed by atoms with Crippen LogP contribution in [-0.2, 0) is 24.5 Å². The summed E-state index contributed by atoms with van der Waals surface area (Å²) in [5.41, 5.74) is 4.47. The van der Waals surface area contributed by atoms with E-state index in [1.54, 1.807) is 17.8 Å². The van der Waals surface area contributed by atoms with Crippen LogP contribution in [0, 0.1) is 18.6 Å². The molecular weight excluding hydrogens is 490 g/mol. The Bertz CT molecular complexity index is 1650. The highest BCUT2D eigenvalue weighted by Crippen LogP contribution is 2.33. The second-order valence-electron chi connectivity index (χ2n) is 8.95. The van der Waals surface area contributed by atoms with Crippen LogP contribution in [0.3, 0.4) is 0 Å². The number of anilines is 2. The molecule has 1 N–H and O–H groups in total. The van der Waals surface area contributed by atoms with E-state index in [0.717, 1.165) is 28.0 Å². The van der Waals surface area contributed by atoms with E-state index in [4.69, 9.17) is 24.5 Å². The van der Waals surface area contributed by atoms with Gasteiger partial charge in [-0.3, -0.25) is 9.67 Å². The smallest absolute Gasteiger partial charge is 0.183 e. The first-order valence-electron chi connectivity index (χ1n) is 12.2. The van der Waals surface area contributed by atoms with Crippen LogP contribution < -0.4 is 10.1 Å². The number of hydrogen-bond acceptors (Lipinski definition) is 7. The van der Waals surface area contributed by atoms with Crippen LogP contribution in [-0.4, -0.2) is 31.3 Å². The lowest BCUT2D eigenvalue weighted by atomic mass is 10.1. The molecule has 10 heteroatoms. The largest absolute Gasteiger partial charge is 0.494 e. The summed E-state index contributed by atoms with van der Waals surface area (Å²) in [7, 11) is 0. The number of hydrogen-bond donors (Lipinski definition) is 1. The normalized spacial score (nSPS) is 12.6. The number of rotatable bonds is 7. The Morgan fingerprint density at radius 2 is 1.87 bits per heavy atom. The minimum atomic E-state index is -0.695. The maximum absolute atomic E-state index is 14.9. The van der Waals surface area contributed by atoms with E-state index >= 15 is 0 Å². The minimum Gasteiger partial charge on any atom is -0.494 e. The summed E-state index contributed by atoms with van der Waals surface area (Å²) in [5.74, 6) is -0.227. The zero-order valence-corrected chi connectivity index (χ0v) is 20.8. The fraction of sp³-hybridized carbons (Fsp3) is 0.214. The molecule has 0 amide bonds. The molecule has 0 saturated carbocycles. The third kappa shape index (κ3) is 4.43. The maximum atomic E-state index is 14.9. The average molecular weight is 515 g/mol. The number of halogens is 2. The fourth-order valence-corrected chi connectivity index (χ4v) is 4.56. The molecule has 0 spiro atoms. The predicted octanol–water partition coefficient (Wildman–Crippen LogP) is 5.70. The van der Waals surface area contributed by atoms with E-state index in [1.165, 1.54) is 12.1 Å². The van der Waals surface area contributed by atoms with Crippen LogP contribution in [0.5, 0.6) is 5.75 Å². The fourth-order valence-electron chi connectivity index (χ4n) is 4.56. The second-order valence-corrected chi connectivity index (χ2v) is 8.95. The van der Waals surface area contributed by atoms with Crippen molar-refractivity contribution in [2.75, 3.05) is 11.9 Å². The van der Waals surface area contributed by atoms with E-state index in [1.807, 2.05) is 43.3 Å². The van der Waals surface area contributed by atoms with Gasteiger partial charge in [-0.2, -0.15) is 5.10 Å². The lowest BCUT2D eigenvalue weighted by Gasteiger charge is -2.11. The summed E-state index contributed by atoms with van der Waals surface area (Å²) in [6.07, 6.45) is 1.73. The molecule has 0 bridgehead atoms. The first-order valence-corrected chi connectivity index (χ1v) is 12.2. The summed E-state index contributed by atoms with van der Waals surface area (Å²) in [6, 6.07) is 13.6. The van der Waals surface area contributed by atoms with Gasteiger partial charge in [-0.25, -0.2) is 18.7 Å². The third-order valence-corrected chi connectivity index (χ3v) is 6.34. The van der Waals surface area contributed by atoms with Crippen molar-refractivity contribution in [2.24, 2.45) is 0 Å². The second kappa shape index (κ2) is 9.79. The molecule has 0 fully saturated rings. The van der Waals surface area contributed by atoms with Crippen molar-refractivity contribution in [3.63, 3.8) is 0 Å². The van der Waals surface area contributed by atoms with Gasteiger partial charge in [0.2, 0.25) is 0 Å². The van der Waals surface area contributed by atoms with Crippen molar-refractivity contribution in [3.05, 3.63) is 88.9 Å². The zero-order valence-electron chi connectivity index (χ0n) is 20.8. The molecule has 3 aromatic heterocycles. The molecule has 0 unspecified atom stereocenters. The van der Waals surface area contributed by atoms with E-state index in [2.05, 4.69) is 10.3 Å². The highest BCUT2D eigenvalue weighted by Gasteiger charge is 2.24. The topological polar surface area (TPSA) is 87.0 Å². The number of pyridine rings is 1. The number of benzene rings is 2. The third-order valence-electron chi connectivity index (χ3n) is 6.34. The molecular formula is C28H24F2N6O2. The summed E-state index contributed by atoms with van der Waals surface area (Å²) in [6.45, 7) is 4.63. The van der Waals surface area contributed by atoms with Gasteiger partial charge in [0.15, 0.2) is 5.82 Å². The van der Waals surface area contributed by atoms with E-state index in [0.29, 0.717) is 42.7 Å². The monoisotopic (exact) mass is 514 g/mol. The van der Waals surface area contributed by atoms with E-state index in [-0.39, 0.29) is 17.9 Å². The molecule has 38 heavy (non-hydrogen) atoms. The molecule has 6 rings (SSSR count). The van der Waals surface area contributed by atoms with Crippen molar-refractivity contribution in [3.8, 4) is 17.3 Å². The summed E-state index contributed by atoms with van der Waals surface area (Å²) >= 11 is 0. The number of nitrogens with one attached hydrogen (secondary N) is 1. The molecule has 0 radical (unpaired) electrons. The van der Waals surface area contributed by atoms with Gasteiger partial charge in [0.25, 0.3) is 0 Å². The number of nitrogens with zero attached hydrogens (tertiary/aromatic N) is 5. The molecule has 8 nitrogen and oxygen atoms in total. The van der Waals surface area contributed by atoms with Gasteiger partial charge in [-0.15, -0.1) is 0 Å². The zero-order chi connectivity index (χ0) is 26.2. The molecule has 2 aromatic carbocycles. The predicted molar refractivity (Wildman–Crippen MR) is 138 cm³/mol. The molecule has 0 atom stereocenters. The quantitative estimate of drug-likeness (QED) is 0.298. The molecule has 5 aromatic rings. The van der Waals surface area contributed by atoms with Crippen molar-refractivity contribution in [1.29, 1.82) is 0 Å². The van der Waals surface area contributed by atoms with Crippen LogP contribution in [0.15, 0.2) is 54.7 Å². The van der Waals surface area contributed by atoms with Crippen LogP contribution in [0.1, 0.15) is 29.4 Å². The van der Waals surface area contributed by atoms with Gasteiger partial charge in [0, 0.05) is 46.2 Å². The van der Waals surface area contributed by atoms with Gasteiger partial charge in [-0.05, 0) is 32.0 Å². The lowest BCUT2D eigenvalue weighted by Crippen LogP contribution is -2.08. The Balaban J connectivity index is 1.43. The summed E-state index contributed by atoms with van der Waals surface area (Å²) in [4.78, 5) is 13.8. The van der Waals surface area contributed by atoms with Gasteiger partial charge >= 0.3 is 0 Å². The Morgan fingerprint density at radius 1 is 1.05 bits per heavy atom. The van der Waals surface area contributed by atoms with Crippen molar-refractivity contribution >= 4 is 22.4 Å². The van der Waals surface area contributed by atoms with Crippen LogP contribution in [0.25, 0.3) is 22.4 Å². The molecule has 1 aliphatic heterocycles. The average Bonchev–Trinajstić information content (AvgIpc) is 3.52. The molecule has 0 saturated heterocycles. The maximum Gasteiger partial charge on any atom is 0.183 e. The standard InChI is InChI=1S/C28H24F2N6O2/c1-3-38-18-11-22(29)20(23(30)12-18)13-36-25-7-5-4-6-19(25)26(35-36)28-33-24-15-37-14-21(24)27(34-28)32-17-8-9-31-16(2)10-17/h4-12H,3,13-15H2,1-2H3,(H,31,32,33,34). The highest BCUT2D eigenvalue weighted by molar-refractivity contribution is 5.92. The van der Waals surface area contributed by atoms with Crippen molar-refractivity contribution in [1.82, 2.24) is 24.7 Å². The number of aryl methyl sites for hydroxylation is 1. The summed E-state index contributed by atoms with van der Waals surface area (Å²) < 4.78 is 42.2. The first kappa shape index (κ1) is 23.9. The Labute approximate surface area is 217 Å². The SMILES string of the molecule is CCOc1cc(F)c(Cn2nc(-c3nc4c(c(Nc5ccnc(C)c5)n3)COC4)c3ccccc32)c(F)c1. The van der Waals surface area contributed by atoms with Crippen LogP contribution >= 0.6 is 0 Å². The van der Waals surface area contributed by atoms with Crippen LogP contribution in [0.4, 0.5) is 20.3 Å². The number of fused-ring (bicyclic) bond motifs is 2. The number of para-hydroxylation sites is 1. The molecule has 0 aliphatic carbocycles. The molecule has 4 heterocycles. The number of ether oxygens (including phenoxy) is 2. The van der Waals surface area contributed by atoms with Gasteiger partial charge < -0.3 is 14.8 Å². The van der Waals surface area contributed by atoms with Crippen molar-refractivity contribution in [2.45, 2.75) is 33.6 Å². The first-order chi connectivity index (χ1) is 18.5. The lowest BCUT2D eigenvalue weighted by molar-refractivity contribution is 0.133. The molecule has 1 aliphatic rings. The molecule has 192 valence electrons. The Morgan fingerprint density at radius 3 is 2.66 bits per heavy atom. The van der Waals surface area contributed by atoms with Gasteiger partial charge in [0.1, 0.15) is 28.9 Å². The van der Waals surface area contributed by atoms with Crippen LogP contribution in [0.2, 0.25) is 0 Å². The van der Waals surface area contributed by atoms with E-state index in [9.17, 15) is 8.78 Å². The van der Waals surface area contributed by atoms with E-state index < -0.39 is 11.6 Å². The minimum absolute atomic E-state index is 0.105.